The number of amides is 2. The number of hydrogen-bond acceptors (Lipinski definition) is 7. The van der Waals surface area contributed by atoms with Crippen LogP contribution in [0.2, 0.25) is 0 Å². The van der Waals surface area contributed by atoms with Gasteiger partial charge in [-0.1, -0.05) is 42.1 Å². The summed E-state index contributed by atoms with van der Waals surface area (Å²) in [4.78, 5) is 35.6. The van der Waals surface area contributed by atoms with Crippen LogP contribution in [0.3, 0.4) is 0 Å². The lowest BCUT2D eigenvalue weighted by molar-refractivity contribution is -0.118. The average Bonchev–Trinajstić information content (AvgIpc) is 3.07. The second kappa shape index (κ2) is 10.1. The molecule has 0 aromatic heterocycles. The summed E-state index contributed by atoms with van der Waals surface area (Å²) in [5.74, 6) is 0.608. The van der Waals surface area contributed by atoms with E-state index in [1.807, 2.05) is 6.07 Å². The van der Waals surface area contributed by atoms with E-state index in [0.717, 1.165) is 22.9 Å². The van der Waals surface area contributed by atoms with Gasteiger partial charge < -0.3 is 14.2 Å². The molecule has 0 spiro atoms. The van der Waals surface area contributed by atoms with Crippen LogP contribution in [0.15, 0.2) is 48.5 Å². The average molecular weight is 427 g/mol. The molecule has 1 atom stereocenters. The molecule has 3 rings (SSSR count). The zero-order valence-electron chi connectivity index (χ0n) is 16.5. The van der Waals surface area contributed by atoms with Gasteiger partial charge >= 0.3 is 0 Å². The number of carbonyl (C=O) groups excluding carboxylic acids is 3. The molecule has 2 aromatic carbocycles. The third-order valence-corrected chi connectivity index (χ3v) is 5.33. The highest BCUT2D eigenvalue weighted by Gasteiger charge is 2.31. The van der Waals surface area contributed by atoms with Gasteiger partial charge in [-0.15, -0.1) is 0 Å². The zero-order chi connectivity index (χ0) is 21.5. The molecule has 1 saturated heterocycles. The first kappa shape index (κ1) is 21.6. The smallest absolute Gasteiger partial charge is 0.286 e. The van der Waals surface area contributed by atoms with E-state index >= 15 is 0 Å². The lowest BCUT2D eigenvalue weighted by Crippen LogP contribution is -2.25. The van der Waals surface area contributed by atoms with Crippen molar-refractivity contribution in [2.24, 2.45) is 0 Å². The lowest BCUT2D eigenvalue weighted by Gasteiger charge is -2.10. The van der Waals surface area contributed by atoms with Crippen LogP contribution in [-0.2, 0) is 16.0 Å². The summed E-state index contributed by atoms with van der Waals surface area (Å²) >= 11 is 0.971. The number of carbonyl (C=O) groups is 3. The van der Waals surface area contributed by atoms with Crippen molar-refractivity contribution in [3.63, 3.8) is 0 Å². The molecule has 2 amide bonds. The molecular formula is C22H21NO6S. The Balaban J connectivity index is 1.69. The molecule has 1 fully saturated rings. The minimum Gasteiger partial charge on any atom is -0.493 e. The minimum atomic E-state index is -0.468. The number of rotatable bonds is 9. The van der Waals surface area contributed by atoms with E-state index in [1.54, 1.807) is 42.5 Å². The summed E-state index contributed by atoms with van der Waals surface area (Å²) in [5.41, 5.74) is 2.10. The van der Waals surface area contributed by atoms with E-state index in [-0.39, 0.29) is 23.7 Å². The molecule has 8 heteroatoms. The van der Waals surface area contributed by atoms with Crippen molar-refractivity contribution in [3.05, 3.63) is 65.2 Å². The Morgan fingerprint density at radius 1 is 1.13 bits per heavy atom. The molecule has 30 heavy (non-hydrogen) atoms. The first-order valence-corrected chi connectivity index (χ1v) is 10.0. The molecule has 0 saturated carbocycles. The number of ketones is 1. The maximum Gasteiger partial charge on any atom is 0.286 e. The van der Waals surface area contributed by atoms with Gasteiger partial charge in [-0.3, -0.25) is 19.7 Å². The van der Waals surface area contributed by atoms with Crippen molar-refractivity contribution >= 4 is 34.8 Å². The van der Waals surface area contributed by atoms with Gasteiger partial charge in [-0.2, -0.15) is 0 Å². The van der Waals surface area contributed by atoms with Gasteiger partial charge in [-0.05, 0) is 41.8 Å². The van der Waals surface area contributed by atoms with Gasteiger partial charge in [0.1, 0.15) is 0 Å². The van der Waals surface area contributed by atoms with Gasteiger partial charge in [-0.25, -0.2) is 0 Å². The Kier molecular flexibility index (Phi) is 7.26. The van der Waals surface area contributed by atoms with Crippen LogP contribution in [0, 0.1) is 0 Å². The van der Waals surface area contributed by atoms with Crippen LogP contribution in [0.4, 0.5) is 4.79 Å². The van der Waals surface area contributed by atoms with Crippen LogP contribution in [0.25, 0.3) is 6.08 Å². The summed E-state index contributed by atoms with van der Waals surface area (Å²) in [7, 11) is 3.07. The third kappa shape index (κ3) is 5.49. The summed E-state index contributed by atoms with van der Waals surface area (Å²) < 4.78 is 15.6. The quantitative estimate of drug-likeness (QED) is 0.372. The number of ether oxygens (including phenoxy) is 3. The molecule has 1 aliphatic heterocycles. The van der Waals surface area contributed by atoms with Crippen LogP contribution in [0.5, 0.6) is 11.5 Å². The highest BCUT2D eigenvalue weighted by atomic mass is 32.2. The third-order valence-electron chi connectivity index (χ3n) is 4.35. The Morgan fingerprint density at radius 2 is 1.97 bits per heavy atom. The predicted molar refractivity (Wildman–Crippen MR) is 114 cm³/mol. The van der Waals surface area contributed by atoms with Crippen molar-refractivity contribution in [1.29, 1.82) is 0 Å². The SMILES string of the molecule is COCOc1ccc(/C=C/C(=O)c2cccc(CC3SC(=O)NC3=O)c2)cc1OC. The summed E-state index contributed by atoms with van der Waals surface area (Å²) in [5, 5.41) is 1.46. The van der Waals surface area contributed by atoms with E-state index in [1.165, 1.54) is 20.3 Å². The largest absolute Gasteiger partial charge is 0.493 e. The topological polar surface area (TPSA) is 90.9 Å². The maximum atomic E-state index is 12.6. The van der Waals surface area contributed by atoms with Crippen molar-refractivity contribution in [1.82, 2.24) is 5.32 Å². The van der Waals surface area contributed by atoms with E-state index in [2.05, 4.69) is 5.32 Å². The van der Waals surface area contributed by atoms with Crippen molar-refractivity contribution in [2.75, 3.05) is 21.0 Å². The second-order valence-corrected chi connectivity index (χ2v) is 7.62. The van der Waals surface area contributed by atoms with Gasteiger partial charge in [0, 0.05) is 12.7 Å². The molecule has 0 aliphatic carbocycles. The molecule has 1 aliphatic rings. The molecule has 7 nitrogen and oxygen atoms in total. The van der Waals surface area contributed by atoms with Gasteiger partial charge in [0.25, 0.3) is 5.24 Å². The first-order valence-electron chi connectivity index (χ1n) is 9.12. The fraction of sp³-hybridized carbons (Fsp3) is 0.227. The fourth-order valence-corrected chi connectivity index (χ4v) is 3.75. The van der Waals surface area contributed by atoms with E-state index in [0.29, 0.717) is 23.5 Å². The number of benzene rings is 2. The number of thioether (sulfide) groups is 1. The lowest BCUT2D eigenvalue weighted by atomic mass is 10.0. The van der Waals surface area contributed by atoms with E-state index in [9.17, 15) is 14.4 Å². The fourth-order valence-electron chi connectivity index (χ4n) is 2.89. The van der Waals surface area contributed by atoms with Crippen LogP contribution >= 0.6 is 11.8 Å². The molecule has 1 heterocycles. The minimum absolute atomic E-state index is 0.107. The Labute approximate surface area is 178 Å². The highest BCUT2D eigenvalue weighted by molar-refractivity contribution is 8.15. The summed E-state index contributed by atoms with van der Waals surface area (Å²) in [6, 6.07) is 12.4. The first-order chi connectivity index (χ1) is 14.5. The number of methoxy groups -OCH3 is 2. The van der Waals surface area contributed by atoms with Gasteiger partial charge in [0.15, 0.2) is 24.1 Å². The Bertz CT molecular complexity index is 987. The van der Waals surface area contributed by atoms with Gasteiger partial charge in [0.05, 0.1) is 12.4 Å². The summed E-state index contributed by atoms with van der Waals surface area (Å²) in [6.45, 7) is 0.107. The number of imide groups is 1. The van der Waals surface area contributed by atoms with Crippen LogP contribution in [-0.4, -0.2) is 43.2 Å². The molecule has 0 radical (unpaired) electrons. The molecule has 1 N–H and O–H groups in total. The second-order valence-electron chi connectivity index (χ2n) is 6.45. The van der Waals surface area contributed by atoms with Gasteiger partial charge in [0.2, 0.25) is 5.91 Å². The molecule has 0 bridgehead atoms. The number of hydrogen-bond donors (Lipinski definition) is 1. The van der Waals surface area contributed by atoms with Crippen LogP contribution in [0.1, 0.15) is 21.5 Å². The number of allylic oxidation sites excluding steroid dienone is 1. The molecule has 1 unspecified atom stereocenters. The predicted octanol–water partition coefficient (Wildman–Crippen LogP) is 3.47. The van der Waals surface area contributed by atoms with E-state index in [4.69, 9.17) is 14.2 Å². The summed E-state index contributed by atoms with van der Waals surface area (Å²) in [6.07, 6.45) is 3.55. The van der Waals surface area contributed by atoms with Crippen molar-refractivity contribution in [3.8, 4) is 11.5 Å². The molecule has 156 valence electrons. The van der Waals surface area contributed by atoms with Crippen molar-refractivity contribution in [2.45, 2.75) is 11.7 Å². The van der Waals surface area contributed by atoms with Crippen LogP contribution < -0.4 is 14.8 Å². The molecule has 2 aromatic rings. The monoisotopic (exact) mass is 427 g/mol. The van der Waals surface area contributed by atoms with E-state index < -0.39 is 5.25 Å². The molecular weight excluding hydrogens is 406 g/mol. The Morgan fingerprint density at radius 3 is 2.67 bits per heavy atom. The standard InChI is InChI=1S/C22H21NO6S/c1-27-13-29-18-9-7-14(11-19(18)28-2)6-8-17(24)16-5-3-4-15(10-16)12-20-21(25)23-22(26)30-20/h3-11,20H,12-13H2,1-2H3,(H,23,25,26)/b8-6+. The van der Waals surface area contributed by atoms with Crippen molar-refractivity contribution < 1.29 is 28.6 Å². The number of nitrogens with one attached hydrogen (secondary N) is 1. The Hall–Kier alpha value is -3.10. The normalized spacial score (nSPS) is 16.0. The maximum absolute atomic E-state index is 12.6. The zero-order valence-corrected chi connectivity index (χ0v) is 17.4. The highest BCUT2D eigenvalue weighted by Crippen LogP contribution is 2.28.